The molecule has 6 nitrogen and oxygen atoms in total. The molecule has 0 saturated carbocycles. The van der Waals surface area contributed by atoms with Crippen LogP contribution in [0.15, 0.2) is 78.9 Å². The quantitative estimate of drug-likeness (QED) is 0.261. The molecule has 0 aliphatic carbocycles. The van der Waals surface area contributed by atoms with E-state index in [1.165, 1.54) is 24.3 Å². The van der Waals surface area contributed by atoms with E-state index < -0.39 is 11.7 Å². The SMILES string of the molecule is CCc1nn(-c2ccc(F)cc2)c(Oc2ccccc2)c1CN(CC1CCCO1)C(=O)c1ccccc1F. The highest BCUT2D eigenvalue weighted by Gasteiger charge is 2.29. The van der Waals surface area contributed by atoms with Crippen molar-refractivity contribution >= 4 is 5.91 Å². The smallest absolute Gasteiger partial charge is 0.257 e. The van der Waals surface area contributed by atoms with Crippen LogP contribution in [0.1, 0.15) is 41.4 Å². The van der Waals surface area contributed by atoms with Gasteiger partial charge >= 0.3 is 0 Å². The molecule has 5 rings (SSSR count). The number of carbonyl (C=O) groups excluding carboxylic acids is 1. The summed E-state index contributed by atoms with van der Waals surface area (Å²) in [5, 5.41) is 4.79. The molecule has 4 aromatic rings. The molecular formula is C30H29F2N3O3. The standard InChI is InChI=1S/C30H29F2N3O3/c1-2-28-26(20-34(19-24-11-8-18-37-24)29(36)25-12-6-7-13-27(25)32)30(38-23-9-4-3-5-10-23)35(33-28)22-16-14-21(31)15-17-22/h3-7,9-10,12-17,24H,2,8,11,18-20H2,1H3. The van der Waals surface area contributed by atoms with Crippen molar-refractivity contribution in [3.05, 3.63) is 107 Å². The third-order valence-electron chi connectivity index (χ3n) is 6.57. The van der Waals surface area contributed by atoms with Crippen LogP contribution in [0, 0.1) is 11.6 Å². The van der Waals surface area contributed by atoms with Crippen LogP contribution in [0.5, 0.6) is 11.6 Å². The Kier molecular flexibility index (Phi) is 7.79. The molecule has 1 aromatic heterocycles. The molecule has 196 valence electrons. The summed E-state index contributed by atoms with van der Waals surface area (Å²) in [4.78, 5) is 15.3. The maximum atomic E-state index is 14.7. The van der Waals surface area contributed by atoms with Crippen molar-refractivity contribution in [2.45, 2.75) is 38.8 Å². The normalized spacial score (nSPS) is 15.0. The lowest BCUT2D eigenvalue weighted by atomic mass is 10.1. The lowest BCUT2D eigenvalue weighted by molar-refractivity contribution is 0.0502. The first-order chi connectivity index (χ1) is 18.5. The molecule has 1 aliphatic heterocycles. The first-order valence-corrected chi connectivity index (χ1v) is 12.8. The maximum Gasteiger partial charge on any atom is 0.257 e. The van der Waals surface area contributed by atoms with Crippen molar-refractivity contribution in [1.29, 1.82) is 0 Å². The highest BCUT2D eigenvalue weighted by molar-refractivity contribution is 5.94. The molecule has 1 atom stereocenters. The van der Waals surface area contributed by atoms with E-state index in [9.17, 15) is 13.6 Å². The fourth-order valence-electron chi connectivity index (χ4n) is 4.63. The zero-order valence-corrected chi connectivity index (χ0v) is 21.1. The molecule has 8 heteroatoms. The molecule has 0 radical (unpaired) electrons. The topological polar surface area (TPSA) is 56.6 Å². The van der Waals surface area contributed by atoms with Gasteiger partial charge in [-0.05, 0) is 67.8 Å². The second-order valence-corrected chi connectivity index (χ2v) is 9.19. The summed E-state index contributed by atoms with van der Waals surface area (Å²) in [7, 11) is 0. The van der Waals surface area contributed by atoms with E-state index in [1.54, 1.807) is 33.8 Å². The van der Waals surface area contributed by atoms with Crippen molar-refractivity contribution in [3.8, 4) is 17.3 Å². The highest BCUT2D eigenvalue weighted by Crippen LogP contribution is 2.33. The molecular weight excluding hydrogens is 488 g/mol. The molecule has 2 heterocycles. The number of aryl methyl sites for hydroxylation is 1. The van der Waals surface area contributed by atoms with Crippen molar-refractivity contribution in [2.24, 2.45) is 0 Å². The van der Waals surface area contributed by atoms with Gasteiger partial charge in [0.25, 0.3) is 5.91 Å². The predicted molar refractivity (Wildman–Crippen MR) is 140 cm³/mol. The first-order valence-electron chi connectivity index (χ1n) is 12.8. The Morgan fingerprint density at radius 1 is 1.05 bits per heavy atom. The van der Waals surface area contributed by atoms with E-state index in [0.717, 1.165) is 18.5 Å². The number of halogens is 2. The van der Waals surface area contributed by atoms with Crippen molar-refractivity contribution < 1.29 is 23.0 Å². The second-order valence-electron chi connectivity index (χ2n) is 9.19. The van der Waals surface area contributed by atoms with Gasteiger partial charge in [0.1, 0.15) is 17.4 Å². The number of aromatic nitrogens is 2. The Hall–Kier alpha value is -4.04. The molecule has 1 saturated heterocycles. The summed E-state index contributed by atoms with van der Waals surface area (Å²) in [5.74, 6) is -0.362. The Balaban J connectivity index is 1.58. The number of carbonyl (C=O) groups is 1. The van der Waals surface area contributed by atoms with Crippen LogP contribution in [-0.2, 0) is 17.7 Å². The van der Waals surface area contributed by atoms with Crippen LogP contribution in [0.4, 0.5) is 8.78 Å². The maximum absolute atomic E-state index is 14.7. The third-order valence-corrected chi connectivity index (χ3v) is 6.57. The summed E-state index contributed by atoms with van der Waals surface area (Å²) >= 11 is 0. The lowest BCUT2D eigenvalue weighted by Gasteiger charge is -2.26. The molecule has 1 fully saturated rings. The van der Waals surface area contributed by atoms with Gasteiger partial charge in [0.15, 0.2) is 0 Å². The second kappa shape index (κ2) is 11.6. The summed E-state index contributed by atoms with van der Waals surface area (Å²) in [5.41, 5.74) is 2.03. The number of rotatable bonds is 9. The summed E-state index contributed by atoms with van der Waals surface area (Å²) in [6.45, 7) is 3.05. The average molecular weight is 518 g/mol. The van der Waals surface area contributed by atoms with Crippen LogP contribution in [0.2, 0.25) is 0 Å². The van der Waals surface area contributed by atoms with E-state index in [1.807, 2.05) is 37.3 Å². The molecule has 0 bridgehead atoms. The fourth-order valence-corrected chi connectivity index (χ4v) is 4.63. The van der Waals surface area contributed by atoms with E-state index >= 15 is 0 Å². The number of amides is 1. The van der Waals surface area contributed by atoms with E-state index in [4.69, 9.17) is 14.6 Å². The molecule has 1 aliphatic rings. The van der Waals surface area contributed by atoms with E-state index in [-0.39, 0.29) is 24.0 Å². The van der Waals surface area contributed by atoms with Gasteiger partial charge in [0.05, 0.1) is 35.2 Å². The van der Waals surface area contributed by atoms with Crippen molar-refractivity contribution in [1.82, 2.24) is 14.7 Å². The minimum absolute atomic E-state index is 0.000000401. The molecule has 3 aromatic carbocycles. The average Bonchev–Trinajstić information content (AvgIpc) is 3.57. The molecule has 0 N–H and O–H groups in total. The van der Waals surface area contributed by atoms with Gasteiger partial charge < -0.3 is 14.4 Å². The summed E-state index contributed by atoms with van der Waals surface area (Å²) in [6, 6.07) is 21.2. The van der Waals surface area contributed by atoms with Crippen LogP contribution >= 0.6 is 0 Å². The van der Waals surface area contributed by atoms with Gasteiger partial charge in [-0.25, -0.2) is 13.5 Å². The number of ether oxygens (including phenoxy) is 2. The summed E-state index contributed by atoms with van der Waals surface area (Å²) < 4.78 is 42.2. The molecule has 1 amide bonds. The Morgan fingerprint density at radius 2 is 1.79 bits per heavy atom. The van der Waals surface area contributed by atoms with Crippen molar-refractivity contribution in [2.75, 3.05) is 13.2 Å². The van der Waals surface area contributed by atoms with E-state index in [2.05, 4.69) is 0 Å². The molecule has 38 heavy (non-hydrogen) atoms. The monoisotopic (exact) mass is 517 g/mol. The lowest BCUT2D eigenvalue weighted by Crippen LogP contribution is -2.37. The Bertz CT molecular complexity index is 1380. The molecule has 0 spiro atoms. The van der Waals surface area contributed by atoms with E-state index in [0.29, 0.717) is 42.5 Å². The Morgan fingerprint density at radius 3 is 2.47 bits per heavy atom. The number of para-hydroxylation sites is 1. The molecule has 1 unspecified atom stereocenters. The largest absolute Gasteiger partial charge is 0.439 e. The summed E-state index contributed by atoms with van der Waals surface area (Å²) in [6.07, 6.45) is 2.17. The highest BCUT2D eigenvalue weighted by atomic mass is 19.1. The minimum Gasteiger partial charge on any atom is -0.439 e. The van der Waals surface area contributed by atoms with Gasteiger partial charge in [0, 0.05) is 13.2 Å². The fraction of sp³-hybridized carbons (Fsp3) is 0.267. The number of hydrogen-bond donors (Lipinski definition) is 0. The van der Waals surface area contributed by atoms with Crippen LogP contribution in [-0.4, -0.2) is 39.8 Å². The van der Waals surface area contributed by atoms with Gasteiger partial charge in [-0.2, -0.15) is 5.10 Å². The zero-order valence-electron chi connectivity index (χ0n) is 21.1. The third kappa shape index (κ3) is 5.60. The van der Waals surface area contributed by atoms with Crippen molar-refractivity contribution in [3.63, 3.8) is 0 Å². The van der Waals surface area contributed by atoms with Crippen LogP contribution in [0.3, 0.4) is 0 Å². The Labute approximate surface area is 220 Å². The minimum atomic E-state index is -0.576. The van der Waals surface area contributed by atoms with Gasteiger partial charge in [-0.1, -0.05) is 37.3 Å². The number of nitrogens with zero attached hydrogens (tertiary/aromatic N) is 3. The van der Waals surface area contributed by atoms with Gasteiger partial charge in [-0.15, -0.1) is 0 Å². The van der Waals surface area contributed by atoms with Gasteiger partial charge in [0.2, 0.25) is 5.88 Å². The number of benzene rings is 3. The van der Waals surface area contributed by atoms with Crippen LogP contribution < -0.4 is 4.74 Å². The van der Waals surface area contributed by atoms with Gasteiger partial charge in [-0.3, -0.25) is 4.79 Å². The first kappa shape index (κ1) is 25.6. The zero-order chi connectivity index (χ0) is 26.5. The van der Waals surface area contributed by atoms with Crippen LogP contribution in [0.25, 0.3) is 5.69 Å². The number of hydrogen-bond acceptors (Lipinski definition) is 4. The predicted octanol–water partition coefficient (Wildman–Crippen LogP) is 6.33.